The highest BCUT2D eigenvalue weighted by atomic mass is 15.3. The summed E-state index contributed by atoms with van der Waals surface area (Å²) in [5, 5.41) is 3.48. The molecule has 0 aromatic carbocycles. The quantitative estimate of drug-likeness (QED) is 0.735. The Labute approximate surface area is 94.8 Å². The molecule has 0 aromatic heterocycles. The standard InChI is InChI=1S/C12H27N3/c1-5-12-10-15(8-7-14(12)4)9-11(3)13-6-2/h11-13H,5-10H2,1-4H3. The van der Waals surface area contributed by atoms with Crippen LogP contribution < -0.4 is 5.32 Å². The van der Waals surface area contributed by atoms with Gasteiger partial charge >= 0.3 is 0 Å². The maximum atomic E-state index is 3.48. The zero-order valence-electron chi connectivity index (χ0n) is 10.8. The number of hydrogen-bond acceptors (Lipinski definition) is 3. The second kappa shape index (κ2) is 6.46. The molecule has 90 valence electrons. The van der Waals surface area contributed by atoms with Gasteiger partial charge in [-0.25, -0.2) is 0 Å². The van der Waals surface area contributed by atoms with E-state index in [1.54, 1.807) is 0 Å². The summed E-state index contributed by atoms with van der Waals surface area (Å²) in [5.41, 5.74) is 0. The molecule has 0 spiro atoms. The summed E-state index contributed by atoms with van der Waals surface area (Å²) in [6, 6.07) is 1.38. The third-order valence-corrected chi connectivity index (χ3v) is 3.42. The van der Waals surface area contributed by atoms with Crippen molar-refractivity contribution in [2.24, 2.45) is 0 Å². The largest absolute Gasteiger partial charge is 0.313 e. The van der Waals surface area contributed by atoms with Crippen LogP contribution in [0.3, 0.4) is 0 Å². The minimum atomic E-state index is 0.621. The van der Waals surface area contributed by atoms with Crippen LogP contribution in [-0.4, -0.2) is 61.7 Å². The molecule has 0 amide bonds. The van der Waals surface area contributed by atoms with E-state index in [9.17, 15) is 0 Å². The summed E-state index contributed by atoms with van der Waals surface area (Å²) in [4.78, 5) is 5.09. The van der Waals surface area contributed by atoms with Crippen LogP contribution in [0, 0.1) is 0 Å². The average Bonchev–Trinajstić information content (AvgIpc) is 2.21. The lowest BCUT2D eigenvalue weighted by atomic mass is 10.1. The first-order chi connectivity index (χ1) is 7.17. The maximum absolute atomic E-state index is 3.48. The molecule has 3 nitrogen and oxygen atoms in total. The zero-order valence-corrected chi connectivity index (χ0v) is 10.8. The first-order valence-corrected chi connectivity index (χ1v) is 6.33. The van der Waals surface area contributed by atoms with E-state index < -0.39 is 0 Å². The summed E-state index contributed by atoms with van der Waals surface area (Å²) in [5.74, 6) is 0. The smallest absolute Gasteiger partial charge is 0.0218 e. The van der Waals surface area contributed by atoms with Gasteiger partial charge in [0, 0.05) is 38.3 Å². The van der Waals surface area contributed by atoms with E-state index >= 15 is 0 Å². The number of nitrogens with one attached hydrogen (secondary N) is 1. The van der Waals surface area contributed by atoms with E-state index in [0.29, 0.717) is 6.04 Å². The molecule has 0 radical (unpaired) electrons. The maximum Gasteiger partial charge on any atom is 0.0218 e. The summed E-state index contributed by atoms with van der Waals surface area (Å²) in [7, 11) is 2.25. The van der Waals surface area contributed by atoms with Gasteiger partial charge in [-0.1, -0.05) is 13.8 Å². The van der Waals surface area contributed by atoms with Gasteiger partial charge in [-0.15, -0.1) is 0 Å². The van der Waals surface area contributed by atoms with E-state index in [1.165, 1.54) is 32.6 Å². The number of likely N-dealkylation sites (N-methyl/N-ethyl adjacent to an activating group) is 2. The van der Waals surface area contributed by atoms with Gasteiger partial charge < -0.3 is 10.2 Å². The van der Waals surface area contributed by atoms with Crippen LogP contribution in [-0.2, 0) is 0 Å². The molecule has 15 heavy (non-hydrogen) atoms. The second-order valence-corrected chi connectivity index (χ2v) is 4.76. The summed E-state index contributed by atoms with van der Waals surface area (Å²) < 4.78 is 0. The highest BCUT2D eigenvalue weighted by Gasteiger charge is 2.23. The molecule has 0 aromatic rings. The Morgan fingerprint density at radius 2 is 2.07 bits per heavy atom. The summed E-state index contributed by atoms with van der Waals surface area (Å²) >= 11 is 0. The Kier molecular flexibility index (Phi) is 5.58. The average molecular weight is 213 g/mol. The lowest BCUT2D eigenvalue weighted by Gasteiger charge is -2.40. The van der Waals surface area contributed by atoms with Crippen molar-refractivity contribution in [1.82, 2.24) is 15.1 Å². The van der Waals surface area contributed by atoms with Crippen LogP contribution in [0.15, 0.2) is 0 Å². The lowest BCUT2D eigenvalue weighted by molar-refractivity contribution is 0.0875. The molecular weight excluding hydrogens is 186 g/mol. The molecule has 1 saturated heterocycles. The van der Waals surface area contributed by atoms with Crippen LogP contribution in [0.5, 0.6) is 0 Å². The van der Waals surface area contributed by atoms with Crippen LogP contribution in [0.2, 0.25) is 0 Å². The molecule has 3 heteroatoms. The highest BCUT2D eigenvalue weighted by molar-refractivity contribution is 4.80. The predicted octanol–water partition coefficient (Wildman–Crippen LogP) is 1.01. The van der Waals surface area contributed by atoms with E-state index in [1.807, 2.05) is 0 Å². The van der Waals surface area contributed by atoms with Gasteiger partial charge in [0.25, 0.3) is 0 Å². The van der Waals surface area contributed by atoms with Crippen LogP contribution in [0.4, 0.5) is 0 Å². The number of hydrogen-bond donors (Lipinski definition) is 1. The summed E-state index contributed by atoms with van der Waals surface area (Å²) in [6.07, 6.45) is 1.27. The third-order valence-electron chi connectivity index (χ3n) is 3.42. The zero-order chi connectivity index (χ0) is 11.3. The molecule has 1 fully saturated rings. The van der Waals surface area contributed by atoms with Crippen molar-refractivity contribution in [2.45, 2.75) is 39.3 Å². The van der Waals surface area contributed by atoms with Crippen molar-refractivity contribution in [2.75, 3.05) is 39.8 Å². The van der Waals surface area contributed by atoms with Gasteiger partial charge in [0.1, 0.15) is 0 Å². The topological polar surface area (TPSA) is 18.5 Å². The van der Waals surface area contributed by atoms with Gasteiger partial charge in [0.15, 0.2) is 0 Å². The fourth-order valence-corrected chi connectivity index (χ4v) is 2.42. The molecule has 1 aliphatic heterocycles. The van der Waals surface area contributed by atoms with Crippen LogP contribution in [0.25, 0.3) is 0 Å². The van der Waals surface area contributed by atoms with Crippen molar-refractivity contribution < 1.29 is 0 Å². The first kappa shape index (κ1) is 12.9. The second-order valence-electron chi connectivity index (χ2n) is 4.76. The van der Waals surface area contributed by atoms with Crippen LogP contribution in [0.1, 0.15) is 27.2 Å². The Morgan fingerprint density at radius 3 is 2.67 bits per heavy atom. The van der Waals surface area contributed by atoms with Gasteiger partial charge in [-0.3, -0.25) is 4.90 Å². The third kappa shape index (κ3) is 4.09. The lowest BCUT2D eigenvalue weighted by Crippen LogP contribution is -2.53. The fraction of sp³-hybridized carbons (Fsp3) is 1.00. The minimum Gasteiger partial charge on any atom is -0.313 e. The van der Waals surface area contributed by atoms with Gasteiger partial charge in [0.2, 0.25) is 0 Å². The van der Waals surface area contributed by atoms with Crippen LogP contribution >= 0.6 is 0 Å². The molecule has 1 aliphatic rings. The Bertz CT molecular complexity index is 172. The number of piperazine rings is 1. The van der Waals surface area contributed by atoms with Crippen molar-refractivity contribution in [1.29, 1.82) is 0 Å². The molecule has 1 heterocycles. The van der Waals surface area contributed by atoms with Gasteiger partial charge in [-0.05, 0) is 26.9 Å². The molecule has 2 unspecified atom stereocenters. The SMILES string of the molecule is CCNC(C)CN1CCN(C)C(CC)C1. The van der Waals surface area contributed by atoms with E-state index in [2.05, 4.69) is 42.9 Å². The minimum absolute atomic E-state index is 0.621. The van der Waals surface area contributed by atoms with E-state index in [4.69, 9.17) is 0 Å². The molecule has 1 rings (SSSR count). The normalized spacial score (nSPS) is 26.8. The molecule has 1 N–H and O–H groups in total. The van der Waals surface area contributed by atoms with Gasteiger partial charge in [0.05, 0.1) is 0 Å². The van der Waals surface area contributed by atoms with Crippen molar-refractivity contribution in [3.8, 4) is 0 Å². The molecular formula is C12H27N3. The van der Waals surface area contributed by atoms with Crippen molar-refractivity contribution in [3.05, 3.63) is 0 Å². The Hall–Kier alpha value is -0.120. The summed E-state index contributed by atoms with van der Waals surface area (Å²) in [6.45, 7) is 12.7. The molecule has 0 saturated carbocycles. The molecule has 2 atom stereocenters. The molecule has 0 bridgehead atoms. The Morgan fingerprint density at radius 1 is 1.33 bits per heavy atom. The number of rotatable bonds is 5. The Balaban J connectivity index is 2.31. The van der Waals surface area contributed by atoms with Gasteiger partial charge in [-0.2, -0.15) is 0 Å². The highest BCUT2D eigenvalue weighted by Crippen LogP contribution is 2.10. The number of nitrogens with zero attached hydrogens (tertiary/aromatic N) is 2. The fourth-order valence-electron chi connectivity index (χ4n) is 2.42. The predicted molar refractivity (Wildman–Crippen MR) is 66.3 cm³/mol. The van der Waals surface area contributed by atoms with E-state index in [-0.39, 0.29) is 0 Å². The van der Waals surface area contributed by atoms with Crippen molar-refractivity contribution in [3.63, 3.8) is 0 Å². The van der Waals surface area contributed by atoms with E-state index in [0.717, 1.165) is 12.6 Å². The molecule has 0 aliphatic carbocycles. The monoisotopic (exact) mass is 213 g/mol. The first-order valence-electron chi connectivity index (χ1n) is 6.33. The van der Waals surface area contributed by atoms with Crippen molar-refractivity contribution >= 4 is 0 Å².